The van der Waals surface area contributed by atoms with Crippen molar-refractivity contribution in [3.8, 4) is 0 Å². The van der Waals surface area contributed by atoms with Crippen molar-refractivity contribution >= 4 is 0 Å². The van der Waals surface area contributed by atoms with Gasteiger partial charge in [-0.2, -0.15) is 5.10 Å². The molecule has 1 aromatic rings. The van der Waals surface area contributed by atoms with Gasteiger partial charge in [0.25, 0.3) is 0 Å². The number of aromatic nitrogens is 2. The molecule has 2 rings (SSSR count). The Morgan fingerprint density at radius 1 is 1.38 bits per heavy atom. The molecule has 0 amide bonds. The Bertz CT molecular complexity index is 443. The summed E-state index contributed by atoms with van der Waals surface area (Å²) in [7, 11) is 0. The summed E-state index contributed by atoms with van der Waals surface area (Å²) in [6.45, 7) is 8.64. The summed E-state index contributed by atoms with van der Waals surface area (Å²) >= 11 is 0. The van der Waals surface area contributed by atoms with Gasteiger partial charge in [-0.25, -0.2) is 0 Å². The van der Waals surface area contributed by atoms with E-state index in [-0.39, 0.29) is 12.1 Å². The van der Waals surface area contributed by atoms with E-state index in [0.717, 1.165) is 38.8 Å². The SMILES string of the molecule is CCNC1(CO)CCCC1CCn1nc(CC)cc1CC. The first-order valence-corrected chi connectivity index (χ1v) is 8.60. The van der Waals surface area contributed by atoms with E-state index < -0.39 is 0 Å². The van der Waals surface area contributed by atoms with Crippen LogP contribution in [-0.4, -0.2) is 33.6 Å². The number of aliphatic hydroxyl groups excluding tert-OH is 1. The highest BCUT2D eigenvalue weighted by atomic mass is 16.3. The summed E-state index contributed by atoms with van der Waals surface area (Å²) in [4.78, 5) is 0. The van der Waals surface area contributed by atoms with Gasteiger partial charge in [0.15, 0.2) is 0 Å². The average molecular weight is 293 g/mol. The molecule has 1 heterocycles. The summed E-state index contributed by atoms with van der Waals surface area (Å²) in [6, 6.07) is 2.23. The quantitative estimate of drug-likeness (QED) is 0.774. The van der Waals surface area contributed by atoms with Gasteiger partial charge in [0.1, 0.15) is 0 Å². The van der Waals surface area contributed by atoms with E-state index in [0.29, 0.717) is 5.92 Å². The van der Waals surface area contributed by atoms with Gasteiger partial charge in [0, 0.05) is 17.8 Å². The predicted molar refractivity (Wildman–Crippen MR) is 86.4 cm³/mol. The zero-order valence-corrected chi connectivity index (χ0v) is 13.9. The van der Waals surface area contributed by atoms with Gasteiger partial charge in [-0.05, 0) is 50.6 Å². The van der Waals surface area contributed by atoms with Gasteiger partial charge in [-0.15, -0.1) is 0 Å². The predicted octanol–water partition coefficient (Wildman–Crippen LogP) is 2.54. The van der Waals surface area contributed by atoms with Crippen LogP contribution in [0.3, 0.4) is 0 Å². The number of likely N-dealkylation sites (N-methyl/N-ethyl adjacent to an activating group) is 1. The van der Waals surface area contributed by atoms with E-state index in [4.69, 9.17) is 5.10 Å². The number of hydrogen-bond donors (Lipinski definition) is 2. The molecule has 2 unspecified atom stereocenters. The number of rotatable bonds is 8. The van der Waals surface area contributed by atoms with Crippen LogP contribution in [0.2, 0.25) is 0 Å². The number of hydrogen-bond acceptors (Lipinski definition) is 3. The Kier molecular flexibility index (Phi) is 5.82. The Morgan fingerprint density at radius 3 is 2.81 bits per heavy atom. The molecule has 1 aliphatic carbocycles. The van der Waals surface area contributed by atoms with Crippen LogP contribution in [0.15, 0.2) is 6.07 Å². The summed E-state index contributed by atoms with van der Waals surface area (Å²) < 4.78 is 2.19. The zero-order chi connectivity index (χ0) is 15.3. The molecule has 0 bridgehead atoms. The van der Waals surface area contributed by atoms with Gasteiger partial charge >= 0.3 is 0 Å². The van der Waals surface area contributed by atoms with Crippen molar-refractivity contribution < 1.29 is 5.11 Å². The number of nitrogens with zero attached hydrogens (tertiary/aromatic N) is 2. The van der Waals surface area contributed by atoms with Gasteiger partial charge in [0.05, 0.1) is 12.3 Å². The van der Waals surface area contributed by atoms with Crippen LogP contribution in [0.5, 0.6) is 0 Å². The lowest BCUT2D eigenvalue weighted by Crippen LogP contribution is -2.51. The molecular formula is C17H31N3O. The topological polar surface area (TPSA) is 50.1 Å². The van der Waals surface area contributed by atoms with Gasteiger partial charge in [0.2, 0.25) is 0 Å². The maximum atomic E-state index is 9.87. The van der Waals surface area contributed by atoms with Crippen molar-refractivity contribution in [1.82, 2.24) is 15.1 Å². The largest absolute Gasteiger partial charge is 0.394 e. The van der Waals surface area contributed by atoms with Crippen LogP contribution in [0.25, 0.3) is 0 Å². The first-order valence-electron chi connectivity index (χ1n) is 8.60. The third-order valence-corrected chi connectivity index (χ3v) is 5.10. The third-order valence-electron chi connectivity index (χ3n) is 5.10. The number of nitrogens with one attached hydrogen (secondary N) is 1. The molecule has 2 atom stereocenters. The molecule has 1 saturated carbocycles. The fourth-order valence-corrected chi connectivity index (χ4v) is 3.86. The molecule has 0 radical (unpaired) electrons. The van der Waals surface area contributed by atoms with Crippen LogP contribution in [0.1, 0.15) is 57.8 Å². The normalized spacial score (nSPS) is 25.6. The lowest BCUT2D eigenvalue weighted by Gasteiger charge is -2.35. The second kappa shape index (κ2) is 7.41. The van der Waals surface area contributed by atoms with Crippen molar-refractivity contribution in [3.63, 3.8) is 0 Å². The second-order valence-electron chi connectivity index (χ2n) is 6.28. The molecule has 2 N–H and O–H groups in total. The zero-order valence-electron chi connectivity index (χ0n) is 13.9. The first-order chi connectivity index (χ1) is 10.2. The molecule has 4 heteroatoms. The first kappa shape index (κ1) is 16.5. The monoisotopic (exact) mass is 293 g/mol. The molecule has 21 heavy (non-hydrogen) atoms. The van der Waals surface area contributed by atoms with Crippen LogP contribution in [0.4, 0.5) is 0 Å². The highest BCUT2D eigenvalue weighted by Gasteiger charge is 2.41. The van der Waals surface area contributed by atoms with Crippen LogP contribution in [0, 0.1) is 5.92 Å². The number of aliphatic hydroxyl groups is 1. The maximum Gasteiger partial charge on any atom is 0.0624 e. The van der Waals surface area contributed by atoms with Crippen molar-refractivity contribution in [2.75, 3.05) is 13.2 Å². The Balaban J connectivity index is 2.03. The van der Waals surface area contributed by atoms with Crippen LogP contribution in [-0.2, 0) is 19.4 Å². The lowest BCUT2D eigenvalue weighted by molar-refractivity contribution is 0.118. The van der Waals surface area contributed by atoms with Crippen molar-refractivity contribution in [2.24, 2.45) is 5.92 Å². The van der Waals surface area contributed by atoms with Gasteiger partial charge < -0.3 is 10.4 Å². The van der Waals surface area contributed by atoms with E-state index in [1.165, 1.54) is 24.2 Å². The Hall–Kier alpha value is -0.870. The summed E-state index contributed by atoms with van der Waals surface area (Å²) in [5, 5.41) is 18.1. The molecule has 1 fully saturated rings. The fraction of sp³-hybridized carbons (Fsp3) is 0.824. The van der Waals surface area contributed by atoms with Crippen LogP contribution >= 0.6 is 0 Å². The highest BCUT2D eigenvalue weighted by Crippen LogP contribution is 2.38. The van der Waals surface area contributed by atoms with E-state index in [1.807, 2.05) is 0 Å². The number of aryl methyl sites for hydroxylation is 3. The molecule has 4 nitrogen and oxygen atoms in total. The smallest absolute Gasteiger partial charge is 0.0624 e. The van der Waals surface area contributed by atoms with Crippen molar-refractivity contribution in [2.45, 2.75) is 71.4 Å². The molecule has 0 saturated heterocycles. The minimum atomic E-state index is -0.0537. The molecule has 120 valence electrons. The summed E-state index contributed by atoms with van der Waals surface area (Å²) in [5.41, 5.74) is 2.48. The highest BCUT2D eigenvalue weighted by molar-refractivity contribution is 5.10. The average Bonchev–Trinajstić information content (AvgIpc) is 3.09. The Labute approximate surface area is 128 Å². The molecule has 0 aliphatic heterocycles. The van der Waals surface area contributed by atoms with Crippen molar-refractivity contribution in [1.29, 1.82) is 0 Å². The fourth-order valence-electron chi connectivity index (χ4n) is 3.86. The lowest BCUT2D eigenvalue weighted by atomic mass is 9.85. The molecule has 0 aromatic carbocycles. The minimum Gasteiger partial charge on any atom is -0.394 e. The van der Waals surface area contributed by atoms with Crippen molar-refractivity contribution in [3.05, 3.63) is 17.5 Å². The summed E-state index contributed by atoms with van der Waals surface area (Å²) in [6.07, 6.45) is 6.68. The van der Waals surface area contributed by atoms with E-state index in [1.54, 1.807) is 0 Å². The molecular weight excluding hydrogens is 262 g/mol. The summed E-state index contributed by atoms with van der Waals surface area (Å²) in [5.74, 6) is 0.557. The second-order valence-corrected chi connectivity index (χ2v) is 6.28. The van der Waals surface area contributed by atoms with E-state index >= 15 is 0 Å². The van der Waals surface area contributed by atoms with Gasteiger partial charge in [-0.1, -0.05) is 27.2 Å². The van der Waals surface area contributed by atoms with E-state index in [9.17, 15) is 5.11 Å². The Morgan fingerprint density at radius 2 is 2.19 bits per heavy atom. The van der Waals surface area contributed by atoms with E-state index in [2.05, 4.69) is 36.8 Å². The maximum absolute atomic E-state index is 9.87. The minimum absolute atomic E-state index is 0.0537. The molecule has 1 aliphatic rings. The standard InChI is InChI=1S/C17H31N3O/c1-4-15-12-16(5-2)20(19-15)11-9-14-8-7-10-17(14,13-21)18-6-3/h12,14,18,21H,4-11,13H2,1-3H3. The van der Waals surface area contributed by atoms with Gasteiger partial charge in [-0.3, -0.25) is 4.68 Å². The molecule has 1 aromatic heterocycles. The molecule has 0 spiro atoms. The third kappa shape index (κ3) is 3.49. The van der Waals surface area contributed by atoms with Crippen LogP contribution < -0.4 is 5.32 Å².